The highest BCUT2D eigenvalue weighted by Gasteiger charge is 2.44. The number of hydrogen-bond acceptors (Lipinski definition) is 10. The number of carbonyl (C=O) groups excluding carboxylic acids is 4. The van der Waals surface area contributed by atoms with Crippen LogP contribution in [0.4, 0.5) is 5.69 Å². The third kappa shape index (κ3) is 6.69. The van der Waals surface area contributed by atoms with E-state index in [2.05, 4.69) is 40.0 Å². The molecular weight excluding hydrogens is 620 g/mol. The van der Waals surface area contributed by atoms with Crippen LogP contribution in [-0.4, -0.2) is 88.4 Å². The number of carbonyl (C=O) groups is 4. The summed E-state index contributed by atoms with van der Waals surface area (Å²) in [6.45, 7) is 2.91. The fourth-order valence-corrected chi connectivity index (χ4v) is 7.56. The maximum absolute atomic E-state index is 13.1. The lowest BCUT2D eigenvalue weighted by Crippen LogP contribution is -2.54. The zero-order chi connectivity index (χ0) is 34.1. The van der Waals surface area contributed by atoms with Gasteiger partial charge in [0.05, 0.1) is 34.1 Å². The van der Waals surface area contributed by atoms with Crippen molar-refractivity contribution < 1.29 is 19.2 Å². The quantitative estimate of drug-likeness (QED) is 0.135. The highest BCUT2D eigenvalue weighted by atomic mass is 16.2. The number of fused-ring (bicyclic) bond motifs is 2. The predicted molar refractivity (Wildman–Crippen MR) is 186 cm³/mol. The number of nitrogens with one attached hydrogen (secondary N) is 4. The number of amides is 4. The van der Waals surface area contributed by atoms with Gasteiger partial charge in [0.25, 0.3) is 11.8 Å². The zero-order valence-electron chi connectivity index (χ0n) is 27.7. The fourth-order valence-electron chi connectivity index (χ4n) is 7.56. The molecule has 4 heterocycles. The number of para-hydroxylation sites is 1. The van der Waals surface area contributed by atoms with Crippen LogP contribution in [0.2, 0.25) is 0 Å². The van der Waals surface area contributed by atoms with Crippen molar-refractivity contribution in [2.75, 3.05) is 32.0 Å². The van der Waals surface area contributed by atoms with Crippen LogP contribution in [0.15, 0.2) is 48.8 Å². The van der Waals surface area contributed by atoms with Gasteiger partial charge in [-0.15, -0.1) is 0 Å². The molecule has 4 N–H and O–H groups in total. The van der Waals surface area contributed by atoms with Crippen molar-refractivity contribution in [3.8, 4) is 0 Å². The second-order valence-corrected chi connectivity index (χ2v) is 13.8. The van der Waals surface area contributed by atoms with E-state index in [9.17, 15) is 19.2 Å². The summed E-state index contributed by atoms with van der Waals surface area (Å²) >= 11 is 0. The van der Waals surface area contributed by atoms with Crippen LogP contribution >= 0.6 is 0 Å². The maximum atomic E-state index is 13.1. The average molecular weight is 663 g/mol. The molecule has 1 aromatic heterocycles. The Labute approximate surface area is 285 Å². The molecule has 4 aliphatic rings. The Kier molecular flexibility index (Phi) is 9.22. The summed E-state index contributed by atoms with van der Waals surface area (Å²) in [6, 6.07) is 10.7. The van der Waals surface area contributed by atoms with E-state index in [-0.39, 0.29) is 24.0 Å². The molecule has 0 bridgehead atoms. The third-order valence-electron chi connectivity index (χ3n) is 10.5. The Bertz CT molecular complexity index is 1840. The summed E-state index contributed by atoms with van der Waals surface area (Å²) in [7, 11) is 2.17. The van der Waals surface area contributed by atoms with Gasteiger partial charge in [-0.3, -0.25) is 34.4 Å². The second-order valence-electron chi connectivity index (χ2n) is 13.8. The van der Waals surface area contributed by atoms with Crippen molar-refractivity contribution in [3.05, 3.63) is 71.2 Å². The van der Waals surface area contributed by atoms with Crippen molar-refractivity contribution in [2.24, 2.45) is 5.92 Å². The zero-order valence-corrected chi connectivity index (χ0v) is 27.7. The summed E-state index contributed by atoms with van der Waals surface area (Å²) in [4.78, 5) is 62.9. The Hall–Kier alpha value is -4.97. The van der Waals surface area contributed by atoms with E-state index < -0.39 is 29.7 Å². The molecule has 1 saturated carbocycles. The van der Waals surface area contributed by atoms with Crippen LogP contribution in [0.5, 0.6) is 0 Å². The molecule has 2 aromatic carbocycles. The molecule has 7 rings (SSSR count). The molecule has 4 amide bonds. The van der Waals surface area contributed by atoms with Gasteiger partial charge in [-0.2, -0.15) is 0 Å². The molecule has 0 spiro atoms. The number of rotatable bonds is 11. The fraction of sp³-hybridized carbons (Fsp3) is 0.432. The highest BCUT2D eigenvalue weighted by molar-refractivity contribution is 6.23. The van der Waals surface area contributed by atoms with Gasteiger partial charge in [0, 0.05) is 42.7 Å². The Balaban J connectivity index is 0.869. The SMILES string of the molecule is CN1CCC(c2cccc3nc(/C(C=N)=C/NC4CC(CCCNc5ccc6c(c5)C(=O)N(C5CCC(=O)NC5=O)C6=O)C4)cnc23)CC1. The van der Waals surface area contributed by atoms with Gasteiger partial charge < -0.3 is 20.9 Å². The summed E-state index contributed by atoms with van der Waals surface area (Å²) in [6.07, 6.45) is 11.6. The third-order valence-corrected chi connectivity index (χ3v) is 10.5. The minimum absolute atomic E-state index is 0.0933. The smallest absolute Gasteiger partial charge is 0.262 e. The number of imide groups is 2. The van der Waals surface area contributed by atoms with Crippen molar-refractivity contribution in [1.29, 1.82) is 5.41 Å². The number of nitrogens with zero attached hydrogens (tertiary/aromatic N) is 4. The molecule has 3 fully saturated rings. The molecule has 1 atom stereocenters. The molecular formula is C37H42N8O4. The number of likely N-dealkylation sites (tertiary alicyclic amines) is 1. The van der Waals surface area contributed by atoms with E-state index in [4.69, 9.17) is 15.4 Å². The predicted octanol–water partition coefficient (Wildman–Crippen LogP) is 4.09. The lowest BCUT2D eigenvalue weighted by atomic mass is 9.77. The van der Waals surface area contributed by atoms with E-state index >= 15 is 0 Å². The first kappa shape index (κ1) is 32.6. The Morgan fingerprint density at radius 2 is 1.84 bits per heavy atom. The van der Waals surface area contributed by atoms with E-state index in [1.807, 2.05) is 12.3 Å². The molecule has 3 aliphatic heterocycles. The minimum atomic E-state index is -0.968. The number of anilines is 1. The molecule has 0 radical (unpaired) electrons. The Morgan fingerprint density at radius 1 is 1.04 bits per heavy atom. The summed E-state index contributed by atoms with van der Waals surface area (Å²) < 4.78 is 0. The molecule has 3 aromatic rings. The number of hydrogen-bond donors (Lipinski definition) is 4. The van der Waals surface area contributed by atoms with Gasteiger partial charge in [-0.25, -0.2) is 4.98 Å². The first-order valence-corrected chi connectivity index (χ1v) is 17.3. The molecule has 2 saturated heterocycles. The van der Waals surface area contributed by atoms with Crippen molar-refractivity contribution >= 4 is 52.1 Å². The standard InChI is InChI=1S/C37H42N8O4/c1-44-14-11-23(12-15-44)27-5-2-6-30-34(27)41-21-31(42-30)24(19-38)20-40-26-16-22(17-26)4-3-13-39-25-7-8-28-29(18-25)37(49)45(36(28)48)32-9-10-33(46)43-35(32)47/h2,5-8,18-23,26,32,38-40H,3-4,9-17H2,1H3,(H,43,46,47)/b24-20+,38-19?. The van der Waals surface area contributed by atoms with Crippen LogP contribution in [-0.2, 0) is 9.59 Å². The van der Waals surface area contributed by atoms with Gasteiger partial charge in [-0.1, -0.05) is 12.1 Å². The first-order chi connectivity index (χ1) is 23.8. The molecule has 49 heavy (non-hydrogen) atoms. The van der Waals surface area contributed by atoms with Crippen molar-refractivity contribution in [2.45, 2.75) is 69.4 Å². The number of allylic oxidation sites excluding steroid dienone is 1. The summed E-state index contributed by atoms with van der Waals surface area (Å²) in [5.41, 5.74) is 5.81. The van der Waals surface area contributed by atoms with Crippen LogP contribution in [0.1, 0.15) is 89.3 Å². The van der Waals surface area contributed by atoms with Gasteiger partial charge in [-0.05, 0) is 107 Å². The first-order valence-electron chi connectivity index (χ1n) is 17.3. The minimum Gasteiger partial charge on any atom is -0.388 e. The number of aromatic nitrogens is 2. The summed E-state index contributed by atoms with van der Waals surface area (Å²) in [5, 5.41) is 17.1. The highest BCUT2D eigenvalue weighted by Crippen LogP contribution is 2.34. The van der Waals surface area contributed by atoms with Gasteiger partial charge in [0.15, 0.2) is 0 Å². The maximum Gasteiger partial charge on any atom is 0.262 e. The van der Waals surface area contributed by atoms with Crippen LogP contribution in [0, 0.1) is 11.3 Å². The van der Waals surface area contributed by atoms with E-state index in [1.54, 1.807) is 24.4 Å². The molecule has 254 valence electrons. The van der Waals surface area contributed by atoms with Gasteiger partial charge >= 0.3 is 0 Å². The van der Waals surface area contributed by atoms with E-state index in [1.165, 1.54) is 11.8 Å². The monoisotopic (exact) mass is 662 g/mol. The molecule has 1 aliphatic carbocycles. The van der Waals surface area contributed by atoms with Crippen LogP contribution in [0.25, 0.3) is 16.6 Å². The largest absolute Gasteiger partial charge is 0.388 e. The molecule has 12 nitrogen and oxygen atoms in total. The van der Waals surface area contributed by atoms with Gasteiger partial charge in [0.2, 0.25) is 11.8 Å². The van der Waals surface area contributed by atoms with Crippen LogP contribution < -0.4 is 16.0 Å². The normalized spacial score (nSPS) is 23.3. The van der Waals surface area contributed by atoms with E-state index in [0.29, 0.717) is 29.1 Å². The van der Waals surface area contributed by atoms with Gasteiger partial charge in [0.1, 0.15) is 6.04 Å². The van der Waals surface area contributed by atoms with Crippen molar-refractivity contribution in [3.63, 3.8) is 0 Å². The topological polar surface area (TPSA) is 160 Å². The van der Waals surface area contributed by atoms with Crippen LogP contribution in [0.3, 0.4) is 0 Å². The average Bonchev–Trinajstić information content (AvgIpc) is 3.33. The summed E-state index contributed by atoms with van der Waals surface area (Å²) in [5.74, 6) is -0.903. The lowest BCUT2D eigenvalue weighted by Gasteiger charge is -2.36. The van der Waals surface area contributed by atoms with Crippen molar-refractivity contribution in [1.82, 2.24) is 30.4 Å². The molecule has 1 unspecified atom stereocenters. The number of benzene rings is 2. The van der Waals surface area contributed by atoms with E-state index in [0.717, 1.165) is 79.8 Å². The Morgan fingerprint density at radius 3 is 2.61 bits per heavy atom. The second kappa shape index (κ2) is 13.9. The molecule has 12 heteroatoms. The lowest BCUT2D eigenvalue weighted by molar-refractivity contribution is -0.136. The number of piperidine rings is 2.